The molecule has 0 aliphatic heterocycles. The highest BCUT2D eigenvalue weighted by Crippen LogP contribution is 2.23. The van der Waals surface area contributed by atoms with Crippen LogP contribution in [0.2, 0.25) is 10.0 Å². The Labute approximate surface area is 127 Å². The summed E-state index contributed by atoms with van der Waals surface area (Å²) in [6, 6.07) is 5.63. The molecule has 1 aromatic rings. The van der Waals surface area contributed by atoms with Crippen LogP contribution in [0.5, 0.6) is 0 Å². The van der Waals surface area contributed by atoms with Gasteiger partial charge in [0.2, 0.25) is 0 Å². The van der Waals surface area contributed by atoms with Gasteiger partial charge in [-0.2, -0.15) is 0 Å². The molecule has 17 heavy (non-hydrogen) atoms. The minimum atomic E-state index is 0.745. The number of hydrogen-bond acceptors (Lipinski definition) is 1. The van der Waals surface area contributed by atoms with Gasteiger partial charge in [0, 0.05) is 22.2 Å². The molecule has 4 heteroatoms. The molecule has 96 valence electrons. The molecule has 1 aromatic carbocycles. The van der Waals surface area contributed by atoms with Crippen LogP contribution >= 0.6 is 45.8 Å². The molecule has 0 atom stereocenters. The molecule has 0 amide bonds. The molecule has 0 spiro atoms. The average molecular weight is 386 g/mol. The van der Waals surface area contributed by atoms with Crippen LogP contribution < -0.4 is 5.32 Å². The molecule has 0 saturated heterocycles. The van der Waals surface area contributed by atoms with E-state index in [0.717, 1.165) is 28.7 Å². The molecule has 0 aromatic heterocycles. The Balaban J connectivity index is 2.18. The summed E-state index contributed by atoms with van der Waals surface area (Å²) in [5.74, 6) is 0. The van der Waals surface area contributed by atoms with Gasteiger partial charge in [0.15, 0.2) is 0 Å². The zero-order valence-corrected chi connectivity index (χ0v) is 13.5. The standard InChI is InChI=1S/C13H18Cl2IN/c14-12-6-5-7-13(15)11(12)10-17-9-4-2-1-3-8-16/h5-7,17H,1-4,8-10H2. The first kappa shape index (κ1) is 15.5. The van der Waals surface area contributed by atoms with Gasteiger partial charge in [-0.25, -0.2) is 0 Å². The molecule has 1 N–H and O–H groups in total. The molecule has 0 radical (unpaired) electrons. The lowest BCUT2D eigenvalue weighted by molar-refractivity contribution is 0.601. The third-order valence-corrected chi connectivity index (χ3v) is 4.07. The van der Waals surface area contributed by atoms with Gasteiger partial charge in [0.1, 0.15) is 0 Å². The van der Waals surface area contributed by atoms with Crippen LogP contribution in [0.15, 0.2) is 18.2 Å². The van der Waals surface area contributed by atoms with Gasteiger partial charge < -0.3 is 5.32 Å². The fraction of sp³-hybridized carbons (Fsp3) is 0.538. The maximum atomic E-state index is 6.09. The number of unbranched alkanes of at least 4 members (excludes halogenated alkanes) is 3. The second kappa shape index (κ2) is 9.42. The third kappa shape index (κ3) is 6.27. The quantitative estimate of drug-likeness (QED) is 0.374. The molecular formula is C13H18Cl2IN. The maximum absolute atomic E-state index is 6.09. The molecule has 0 bridgehead atoms. The predicted octanol–water partition coefficient (Wildman–Crippen LogP) is 5.08. The van der Waals surface area contributed by atoms with E-state index in [1.807, 2.05) is 18.2 Å². The topological polar surface area (TPSA) is 12.0 Å². The van der Waals surface area contributed by atoms with E-state index < -0.39 is 0 Å². The fourth-order valence-electron chi connectivity index (χ4n) is 1.61. The number of alkyl halides is 1. The number of benzene rings is 1. The maximum Gasteiger partial charge on any atom is 0.0465 e. The summed E-state index contributed by atoms with van der Waals surface area (Å²) < 4.78 is 1.26. The molecule has 0 fully saturated rings. The van der Waals surface area contributed by atoms with Gasteiger partial charge in [-0.05, 0) is 35.9 Å². The van der Waals surface area contributed by atoms with Crippen LogP contribution in [0.3, 0.4) is 0 Å². The van der Waals surface area contributed by atoms with Gasteiger partial charge in [0.25, 0.3) is 0 Å². The van der Waals surface area contributed by atoms with Crippen molar-refractivity contribution >= 4 is 45.8 Å². The van der Waals surface area contributed by atoms with Crippen molar-refractivity contribution in [3.63, 3.8) is 0 Å². The van der Waals surface area contributed by atoms with Crippen LogP contribution in [-0.4, -0.2) is 11.0 Å². The second-order valence-electron chi connectivity index (χ2n) is 3.98. The van der Waals surface area contributed by atoms with E-state index >= 15 is 0 Å². The molecule has 1 nitrogen and oxygen atoms in total. The van der Waals surface area contributed by atoms with Crippen molar-refractivity contribution in [3.8, 4) is 0 Å². The summed E-state index contributed by atoms with van der Waals surface area (Å²) in [6.07, 6.45) is 5.18. The molecule has 0 heterocycles. The smallest absolute Gasteiger partial charge is 0.0465 e. The van der Waals surface area contributed by atoms with Crippen LogP contribution in [-0.2, 0) is 6.54 Å². The molecule has 0 aliphatic carbocycles. The fourth-order valence-corrected chi connectivity index (χ4v) is 2.68. The van der Waals surface area contributed by atoms with E-state index in [1.54, 1.807) is 0 Å². The molecule has 0 aliphatic rings. The van der Waals surface area contributed by atoms with Gasteiger partial charge in [0.05, 0.1) is 0 Å². The van der Waals surface area contributed by atoms with Gasteiger partial charge >= 0.3 is 0 Å². The van der Waals surface area contributed by atoms with Crippen LogP contribution in [0.1, 0.15) is 31.2 Å². The first-order valence-corrected chi connectivity index (χ1v) is 8.23. The summed E-state index contributed by atoms with van der Waals surface area (Å²) in [7, 11) is 0. The number of hydrogen-bond donors (Lipinski definition) is 1. The summed E-state index contributed by atoms with van der Waals surface area (Å²) in [6.45, 7) is 1.79. The SMILES string of the molecule is Clc1cccc(Cl)c1CNCCCCCCI. The predicted molar refractivity (Wildman–Crippen MR) is 85.5 cm³/mol. The zero-order valence-electron chi connectivity index (χ0n) is 9.82. The first-order chi connectivity index (χ1) is 8.25. The Bertz CT molecular complexity index is 311. The highest BCUT2D eigenvalue weighted by atomic mass is 127. The Kier molecular flexibility index (Phi) is 8.62. The van der Waals surface area contributed by atoms with Gasteiger partial charge in [-0.3, -0.25) is 0 Å². The average Bonchev–Trinajstić information content (AvgIpc) is 2.31. The van der Waals surface area contributed by atoms with Crippen molar-refractivity contribution < 1.29 is 0 Å². The van der Waals surface area contributed by atoms with Crippen LogP contribution in [0.4, 0.5) is 0 Å². The lowest BCUT2D eigenvalue weighted by atomic mass is 10.2. The van der Waals surface area contributed by atoms with Crippen LogP contribution in [0.25, 0.3) is 0 Å². The Morgan fingerprint density at radius 1 is 1.00 bits per heavy atom. The summed E-state index contributed by atoms with van der Waals surface area (Å²) in [5, 5.41) is 4.88. The largest absolute Gasteiger partial charge is 0.313 e. The van der Waals surface area contributed by atoms with Crippen molar-refractivity contribution in [1.29, 1.82) is 0 Å². The van der Waals surface area contributed by atoms with E-state index in [2.05, 4.69) is 27.9 Å². The third-order valence-electron chi connectivity index (χ3n) is 2.60. The van der Waals surface area contributed by atoms with Crippen LogP contribution in [0, 0.1) is 0 Å². The lowest BCUT2D eigenvalue weighted by Gasteiger charge is -2.08. The summed E-state index contributed by atoms with van der Waals surface area (Å²) in [4.78, 5) is 0. The molecule has 0 saturated carbocycles. The highest BCUT2D eigenvalue weighted by molar-refractivity contribution is 14.1. The Morgan fingerprint density at radius 2 is 1.65 bits per heavy atom. The second-order valence-corrected chi connectivity index (χ2v) is 5.87. The van der Waals surface area contributed by atoms with Crippen molar-refractivity contribution in [3.05, 3.63) is 33.8 Å². The number of rotatable bonds is 8. The first-order valence-electron chi connectivity index (χ1n) is 5.95. The number of nitrogens with one attached hydrogen (secondary N) is 1. The molecule has 0 unspecified atom stereocenters. The lowest BCUT2D eigenvalue weighted by Crippen LogP contribution is -2.15. The van der Waals surface area contributed by atoms with Gasteiger partial charge in [-0.1, -0.05) is 64.7 Å². The number of halogens is 3. The Morgan fingerprint density at radius 3 is 2.29 bits per heavy atom. The normalized spacial score (nSPS) is 10.8. The van der Waals surface area contributed by atoms with E-state index in [4.69, 9.17) is 23.2 Å². The van der Waals surface area contributed by atoms with Crippen molar-refractivity contribution in [2.75, 3.05) is 11.0 Å². The Hall–Kier alpha value is 0.490. The summed E-state index contributed by atoms with van der Waals surface area (Å²) in [5.41, 5.74) is 1.00. The minimum Gasteiger partial charge on any atom is -0.313 e. The van der Waals surface area contributed by atoms with E-state index in [0.29, 0.717) is 0 Å². The van der Waals surface area contributed by atoms with E-state index in [-0.39, 0.29) is 0 Å². The highest BCUT2D eigenvalue weighted by Gasteiger charge is 2.03. The van der Waals surface area contributed by atoms with Gasteiger partial charge in [-0.15, -0.1) is 0 Å². The van der Waals surface area contributed by atoms with Crippen molar-refractivity contribution in [2.45, 2.75) is 32.2 Å². The van der Waals surface area contributed by atoms with E-state index in [9.17, 15) is 0 Å². The molecular weight excluding hydrogens is 368 g/mol. The minimum absolute atomic E-state index is 0.745. The monoisotopic (exact) mass is 385 g/mol. The summed E-state index contributed by atoms with van der Waals surface area (Å²) >= 11 is 14.6. The zero-order chi connectivity index (χ0) is 12.5. The van der Waals surface area contributed by atoms with Crippen molar-refractivity contribution in [2.24, 2.45) is 0 Å². The molecule has 1 rings (SSSR count). The van der Waals surface area contributed by atoms with E-state index in [1.165, 1.54) is 30.1 Å². The van der Waals surface area contributed by atoms with Crippen molar-refractivity contribution in [1.82, 2.24) is 5.32 Å².